The SMILES string of the molecule is O=[N+]([O-])c1ccc2c(c1)[C@H]1c3ccccc3C[C@H]1[C@@H](c1ccccc1)N2. The summed E-state index contributed by atoms with van der Waals surface area (Å²) in [5, 5.41) is 15.0. The Bertz CT molecular complexity index is 1000. The van der Waals surface area contributed by atoms with E-state index in [1.165, 1.54) is 16.7 Å². The molecule has 1 N–H and O–H groups in total. The second-order valence-electron chi connectivity index (χ2n) is 7.11. The highest BCUT2D eigenvalue weighted by Gasteiger charge is 2.43. The normalized spacial score (nSPS) is 22.7. The topological polar surface area (TPSA) is 55.2 Å². The molecule has 1 aliphatic heterocycles. The zero-order chi connectivity index (χ0) is 17.7. The summed E-state index contributed by atoms with van der Waals surface area (Å²) in [6, 6.07) is 24.4. The summed E-state index contributed by atoms with van der Waals surface area (Å²) in [4.78, 5) is 11.0. The quantitative estimate of drug-likeness (QED) is 0.523. The number of nitrogens with one attached hydrogen (secondary N) is 1. The van der Waals surface area contributed by atoms with Crippen molar-refractivity contribution < 1.29 is 4.92 Å². The van der Waals surface area contributed by atoms with Crippen molar-refractivity contribution in [1.82, 2.24) is 0 Å². The number of non-ortho nitro benzene ring substituents is 1. The molecule has 0 fully saturated rings. The molecule has 1 heterocycles. The van der Waals surface area contributed by atoms with Crippen molar-refractivity contribution >= 4 is 11.4 Å². The lowest BCUT2D eigenvalue weighted by Gasteiger charge is -2.37. The molecule has 2 aliphatic rings. The molecule has 1 aliphatic carbocycles. The number of nitro groups is 1. The van der Waals surface area contributed by atoms with Gasteiger partial charge in [0.1, 0.15) is 0 Å². The Morgan fingerprint density at radius 2 is 1.69 bits per heavy atom. The van der Waals surface area contributed by atoms with Gasteiger partial charge in [0.25, 0.3) is 5.69 Å². The summed E-state index contributed by atoms with van der Waals surface area (Å²) in [7, 11) is 0. The van der Waals surface area contributed by atoms with Crippen molar-refractivity contribution in [1.29, 1.82) is 0 Å². The van der Waals surface area contributed by atoms with Gasteiger partial charge in [0.15, 0.2) is 0 Å². The number of nitrogens with zero attached hydrogens (tertiary/aromatic N) is 1. The second-order valence-corrected chi connectivity index (χ2v) is 7.11. The molecular formula is C22H18N2O2. The van der Waals surface area contributed by atoms with Gasteiger partial charge < -0.3 is 5.32 Å². The predicted molar refractivity (Wildman–Crippen MR) is 101 cm³/mol. The zero-order valence-corrected chi connectivity index (χ0v) is 14.1. The summed E-state index contributed by atoms with van der Waals surface area (Å²) in [6.07, 6.45) is 0.982. The van der Waals surface area contributed by atoms with Crippen molar-refractivity contribution in [2.75, 3.05) is 5.32 Å². The molecule has 5 rings (SSSR count). The molecule has 4 nitrogen and oxygen atoms in total. The Morgan fingerprint density at radius 3 is 2.50 bits per heavy atom. The van der Waals surface area contributed by atoms with Crippen LogP contribution in [-0.4, -0.2) is 4.92 Å². The standard InChI is InChI=1S/C22H18N2O2/c25-24(26)16-10-11-20-18(13-16)21-17-9-5-4-8-15(17)12-19(21)22(23-20)14-6-2-1-3-7-14/h1-11,13,19,21-23H,12H2/t19-,21-,22-/m1/s1. The maximum Gasteiger partial charge on any atom is 0.269 e. The highest BCUT2D eigenvalue weighted by Crippen LogP contribution is 2.54. The maximum absolute atomic E-state index is 11.3. The first-order valence-corrected chi connectivity index (χ1v) is 8.90. The molecule has 0 spiro atoms. The molecule has 26 heavy (non-hydrogen) atoms. The van der Waals surface area contributed by atoms with Crippen LogP contribution in [0.5, 0.6) is 0 Å². The van der Waals surface area contributed by atoms with Gasteiger partial charge in [-0.25, -0.2) is 0 Å². The van der Waals surface area contributed by atoms with E-state index in [4.69, 9.17) is 0 Å². The molecule has 0 amide bonds. The summed E-state index contributed by atoms with van der Waals surface area (Å²) >= 11 is 0. The third-order valence-electron chi connectivity index (χ3n) is 5.75. The average Bonchev–Trinajstić information content (AvgIpc) is 3.07. The molecule has 3 atom stereocenters. The van der Waals surface area contributed by atoms with Crippen LogP contribution in [0.25, 0.3) is 0 Å². The first-order chi connectivity index (χ1) is 12.7. The molecule has 3 aromatic carbocycles. The van der Waals surface area contributed by atoms with Crippen molar-refractivity contribution in [3.8, 4) is 0 Å². The van der Waals surface area contributed by atoms with Crippen LogP contribution in [0.4, 0.5) is 11.4 Å². The molecule has 0 bridgehead atoms. The molecule has 0 saturated carbocycles. The number of rotatable bonds is 2. The van der Waals surface area contributed by atoms with E-state index >= 15 is 0 Å². The van der Waals surface area contributed by atoms with Gasteiger partial charge in [-0.05, 0) is 40.7 Å². The third kappa shape index (κ3) is 2.22. The molecule has 0 unspecified atom stereocenters. The minimum absolute atomic E-state index is 0.159. The zero-order valence-electron chi connectivity index (χ0n) is 14.1. The van der Waals surface area contributed by atoms with Crippen LogP contribution >= 0.6 is 0 Å². The number of hydrogen-bond donors (Lipinski definition) is 1. The number of fused-ring (bicyclic) bond motifs is 5. The van der Waals surface area contributed by atoms with Crippen molar-refractivity contribution in [2.45, 2.75) is 18.4 Å². The van der Waals surface area contributed by atoms with Gasteiger partial charge in [-0.3, -0.25) is 10.1 Å². The van der Waals surface area contributed by atoms with Gasteiger partial charge in [0.05, 0.1) is 11.0 Å². The fraction of sp³-hybridized carbons (Fsp3) is 0.182. The Balaban J connectivity index is 1.70. The molecular weight excluding hydrogens is 324 g/mol. The Morgan fingerprint density at radius 1 is 0.923 bits per heavy atom. The first kappa shape index (κ1) is 15.1. The Labute approximate surface area is 151 Å². The molecule has 0 saturated heterocycles. The number of hydrogen-bond acceptors (Lipinski definition) is 3. The van der Waals surface area contributed by atoms with Crippen molar-refractivity contribution in [3.63, 3.8) is 0 Å². The highest BCUT2D eigenvalue weighted by atomic mass is 16.6. The van der Waals surface area contributed by atoms with E-state index < -0.39 is 0 Å². The van der Waals surface area contributed by atoms with Crippen LogP contribution in [-0.2, 0) is 6.42 Å². The van der Waals surface area contributed by atoms with Gasteiger partial charge in [-0.15, -0.1) is 0 Å². The highest BCUT2D eigenvalue weighted by molar-refractivity contribution is 5.65. The van der Waals surface area contributed by atoms with Crippen LogP contribution < -0.4 is 5.32 Å². The average molecular weight is 342 g/mol. The fourth-order valence-corrected chi connectivity index (χ4v) is 4.65. The monoisotopic (exact) mass is 342 g/mol. The van der Waals surface area contributed by atoms with Crippen molar-refractivity contribution in [3.05, 3.63) is 105 Å². The second kappa shape index (κ2) is 5.70. The van der Waals surface area contributed by atoms with E-state index in [9.17, 15) is 10.1 Å². The lowest BCUT2D eigenvalue weighted by Crippen LogP contribution is -2.30. The first-order valence-electron chi connectivity index (χ1n) is 8.90. The van der Waals surface area contributed by atoms with E-state index in [1.54, 1.807) is 12.1 Å². The van der Waals surface area contributed by atoms with Crippen LogP contribution in [0.3, 0.4) is 0 Å². The van der Waals surface area contributed by atoms with E-state index in [2.05, 4.69) is 53.8 Å². The van der Waals surface area contributed by atoms with E-state index in [-0.39, 0.29) is 22.6 Å². The number of benzene rings is 3. The minimum Gasteiger partial charge on any atom is -0.378 e. The summed E-state index contributed by atoms with van der Waals surface area (Å²) < 4.78 is 0. The van der Waals surface area contributed by atoms with E-state index in [1.807, 2.05) is 12.1 Å². The van der Waals surface area contributed by atoms with Gasteiger partial charge in [-0.2, -0.15) is 0 Å². The van der Waals surface area contributed by atoms with Crippen LogP contribution in [0, 0.1) is 16.0 Å². The summed E-state index contributed by atoms with van der Waals surface area (Å²) in [5.41, 5.74) is 6.13. The molecule has 4 heteroatoms. The third-order valence-corrected chi connectivity index (χ3v) is 5.75. The predicted octanol–water partition coefficient (Wildman–Crippen LogP) is 5.07. The molecule has 0 aromatic heterocycles. The van der Waals surface area contributed by atoms with Crippen LogP contribution in [0.15, 0.2) is 72.8 Å². The smallest absolute Gasteiger partial charge is 0.269 e. The van der Waals surface area contributed by atoms with Crippen LogP contribution in [0.2, 0.25) is 0 Å². The number of nitro benzene ring substituents is 1. The van der Waals surface area contributed by atoms with E-state index in [0.717, 1.165) is 17.7 Å². The number of anilines is 1. The summed E-state index contributed by atoms with van der Waals surface area (Å²) in [6.45, 7) is 0. The summed E-state index contributed by atoms with van der Waals surface area (Å²) in [5.74, 6) is 0.539. The maximum atomic E-state index is 11.3. The fourth-order valence-electron chi connectivity index (χ4n) is 4.65. The van der Waals surface area contributed by atoms with E-state index in [0.29, 0.717) is 5.92 Å². The van der Waals surface area contributed by atoms with Gasteiger partial charge in [-0.1, -0.05) is 54.6 Å². The largest absolute Gasteiger partial charge is 0.378 e. The van der Waals surface area contributed by atoms with Crippen molar-refractivity contribution in [2.24, 2.45) is 5.92 Å². The molecule has 128 valence electrons. The molecule has 3 aromatic rings. The van der Waals surface area contributed by atoms with Gasteiger partial charge in [0, 0.05) is 23.7 Å². The minimum atomic E-state index is -0.306. The Hall–Kier alpha value is -3.14. The van der Waals surface area contributed by atoms with Gasteiger partial charge in [0.2, 0.25) is 0 Å². The van der Waals surface area contributed by atoms with Gasteiger partial charge >= 0.3 is 0 Å². The lowest BCUT2D eigenvalue weighted by atomic mass is 9.75. The lowest BCUT2D eigenvalue weighted by molar-refractivity contribution is -0.384. The Kier molecular flexibility index (Phi) is 3.32. The molecule has 0 radical (unpaired) electrons. The van der Waals surface area contributed by atoms with Crippen LogP contribution in [0.1, 0.15) is 34.2 Å².